The van der Waals surface area contributed by atoms with Gasteiger partial charge in [0.1, 0.15) is 5.75 Å². The zero-order valence-electron chi connectivity index (χ0n) is 14.4. The number of hydrogen-bond acceptors (Lipinski definition) is 5. The molecule has 0 unspecified atom stereocenters. The number of amides is 2. The number of thiophene rings is 1. The summed E-state index contributed by atoms with van der Waals surface area (Å²) in [4.78, 5) is 25.7. The van der Waals surface area contributed by atoms with Crippen LogP contribution in [0.3, 0.4) is 0 Å². The molecule has 0 bridgehead atoms. The Morgan fingerprint density at radius 3 is 2.70 bits per heavy atom. The molecule has 1 aromatic heterocycles. The minimum atomic E-state index is -0.555. The van der Waals surface area contributed by atoms with Gasteiger partial charge < -0.3 is 15.8 Å². The van der Waals surface area contributed by atoms with Crippen LogP contribution in [0.1, 0.15) is 15.2 Å². The van der Waals surface area contributed by atoms with E-state index in [0.29, 0.717) is 17.0 Å². The summed E-state index contributed by atoms with van der Waals surface area (Å²) in [5.74, 6) is 0.530. The lowest BCUT2D eigenvalue weighted by Crippen LogP contribution is -2.20. The lowest BCUT2D eigenvalue weighted by atomic mass is 10.2. The van der Waals surface area contributed by atoms with E-state index in [-0.39, 0.29) is 12.5 Å². The summed E-state index contributed by atoms with van der Waals surface area (Å²) in [5.41, 5.74) is 6.28. The Labute approximate surface area is 165 Å². The summed E-state index contributed by atoms with van der Waals surface area (Å²) in [7, 11) is 0. The minimum Gasteiger partial charge on any atom is -0.484 e. The molecular weight excluding hydrogens is 380 g/mol. The van der Waals surface area contributed by atoms with E-state index in [9.17, 15) is 9.59 Å². The van der Waals surface area contributed by atoms with Gasteiger partial charge in [-0.3, -0.25) is 9.59 Å². The molecule has 5 nitrogen and oxygen atoms in total. The first-order chi connectivity index (χ1) is 13.1. The molecule has 0 aliphatic rings. The number of anilines is 1. The molecule has 0 fully saturated rings. The fourth-order valence-corrected chi connectivity index (χ4v) is 4.16. The average molecular weight is 399 g/mol. The van der Waals surface area contributed by atoms with Crippen molar-refractivity contribution in [2.24, 2.45) is 5.73 Å². The molecule has 1 heterocycles. The number of hydrogen-bond donors (Lipinski definition) is 2. The zero-order chi connectivity index (χ0) is 19.1. The average Bonchev–Trinajstić information content (AvgIpc) is 3.19. The first kappa shape index (κ1) is 19.0. The van der Waals surface area contributed by atoms with Gasteiger partial charge in [-0.1, -0.05) is 24.3 Å². The van der Waals surface area contributed by atoms with E-state index >= 15 is 0 Å². The molecule has 0 aliphatic carbocycles. The molecule has 0 saturated heterocycles. The lowest BCUT2D eigenvalue weighted by molar-refractivity contribution is -0.119. The normalized spacial score (nSPS) is 10.4. The van der Waals surface area contributed by atoms with Crippen LogP contribution < -0.4 is 15.8 Å². The van der Waals surface area contributed by atoms with Gasteiger partial charge in [-0.25, -0.2) is 0 Å². The smallest absolute Gasteiger partial charge is 0.256 e. The van der Waals surface area contributed by atoms with Gasteiger partial charge in [-0.05, 0) is 35.7 Å². The summed E-state index contributed by atoms with van der Waals surface area (Å²) in [6.07, 6.45) is 0. The summed E-state index contributed by atoms with van der Waals surface area (Å²) >= 11 is 3.33. The molecule has 0 spiro atoms. The van der Waals surface area contributed by atoms with Gasteiger partial charge in [0.15, 0.2) is 6.61 Å². The SMILES string of the molecule is NC(=O)COc1cccc(NC(=O)c2ccccc2SCc2cccs2)c1. The topological polar surface area (TPSA) is 81.4 Å². The maximum absolute atomic E-state index is 12.7. The van der Waals surface area contributed by atoms with Crippen molar-refractivity contribution in [3.05, 3.63) is 76.5 Å². The number of carbonyl (C=O) groups excluding carboxylic acids is 2. The maximum atomic E-state index is 12.7. The van der Waals surface area contributed by atoms with Crippen LogP contribution in [0.5, 0.6) is 5.75 Å². The van der Waals surface area contributed by atoms with Crippen molar-refractivity contribution in [1.82, 2.24) is 0 Å². The molecular formula is C20H18N2O3S2. The molecule has 0 aliphatic heterocycles. The van der Waals surface area contributed by atoms with Crippen LogP contribution in [-0.4, -0.2) is 18.4 Å². The van der Waals surface area contributed by atoms with Crippen LogP contribution in [0, 0.1) is 0 Å². The molecule has 2 aromatic carbocycles. The molecule has 2 amide bonds. The highest BCUT2D eigenvalue weighted by molar-refractivity contribution is 7.98. The van der Waals surface area contributed by atoms with E-state index in [0.717, 1.165) is 10.6 Å². The van der Waals surface area contributed by atoms with Crippen LogP contribution in [0.15, 0.2) is 70.9 Å². The molecule has 3 N–H and O–H groups in total. The Morgan fingerprint density at radius 2 is 1.93 bits per heavy atom. The summed E-state index contributed by atoms with van der Waals surface area (Å²) in [5, 5.41) is 4.92. The lowest BCUT2D eigenvalue weighted by Gasteiger charge is -2.11. The summed E-state index contributed by atoms with van der Waals surface area (Å²) in [6.45, 7) is -0.209. The van der Waals surface area contributed by atoms with Crippen LogP contribution in [-0.2, 0) is 10.5 Å². The zero-order valence-corrected chi connectivity index (χ0v) is 16.0. The molecule has 3 rings (SSSR count). The predicted molar refractivity (Wildman–Crippen MR) is 109 cm³/mol. The molecule has 138 valence electrons. The number of thioether (sulfide) groups is 1. The second-order valence-corrected chi connectivity index (χ2v) is 7.65. The Kier molecular flexibility index (Phi) is 6.51. The van der Waals surface area contributed by atoms with Gasteiger partial charge >= 0.3 is 0 Å². The minimum absolute atomic E-state index is 0.198. The highest BCUT2D eigenvalue weighted by Crippen LogP contribution is 2.28. The maximum Gasteiger partial charge on any atom is 0.256 e. The second-order valence-electron chi connectivity index (χ2n) is 5.60. The third-order valence-electron chi connectivity index (χ3n) is 3.55. The third kappa shape index (κ3) is 5.60. The van der Waals surface area contributed by atoms with Gasteiger partial charge in [0.05, 0.1) is 5.56 Å². The van der Waals surface area contributed by atoms with E-state index < -0.39 is 5.91 Å². The number of carbonyl (C=O) groups is 2. The number of rotatable bonds is 8. The van der Waals surface area contributed by atoms with E-state index in [1.807, 2.05) is 29.6 Å². The second kappa shape index (κ2) is 9.25. The highest BCUT2D eigenvalue weighted by atomic mass is 32.2. The van der Waals surface area contributed by atoms with Gasteiger partial charge in [0.25, 0.3) is 11.8 Å². The monoisotopic (exact) mass is 398 g/mol. The van der Waals surface area contributed by atoms with Crippen molar-refractivity contribution < 1.29 is 14.3 Å². The number of ether oxygens (including phenoxy) is 1. The van der Waals surface area contributed by atoms with E-state index in [4.69, 9.17) is 10.5 Å². The number of nitrogens with two attached hydrogens (primary N) is 1. The van der Waals surface area contributed by atoms with Crippen LogP contribution >= 0.6 is 23.1 Å². The van der Waals surface area contributed by atoms with Crippen molar-refractivity contribution in [1.29, 1.82) is 0 Å². The van der Waals surface area contributed by atoms with Crippen molar-refractivity contribution >= 4 is 40.6 Å². The Bertz CT molecular complexity index is 926. The molecule has 7 heteroatoms. The predicted octanol–water partition coefficient (Wildman–Crippen LogP) is 4.16. The third-order valence-corrected chi connectivity index (χ3v) is 5.74. The van der Waals surface area contributed by atoms with Crippen molar-refractivity contribution in [3.8, 4) is 5.75 Å². The summed E-state index contributed by atoms with van der Waals surface area (Å²) in [6, 6.07) is 18.5. The van der Waals surface area contributed by atoms with Gasteiger partial charge in [-0.15, -0.1) is 23.1 Å². The molecule has 3 aromatic rings. The quantitative estimate of drug-likeness (QED) is 0.558. The number of benzene rings is 2. The van der Waals surface area contributed by atoms with E-state index in [1.165, 1.54) is 4.88 Å². The first-order valence-corrected chi connectivity index (χ1v) is 10.0. The molecule has 0 radical (unpaired) electrons. The first-order valence-electron chi connectivity index (χ1n) is 8.18. The largest absolute Gasteiger partial charge is 0.484 e. The van der Waals surface area contributed by atoms with Crippen LogP contribution in [0.4, 0.5) is 5.69 Å². The number of primary amides is 1. The number of nitrogens with one attached hydrogen (secondary N) is 1. The van der Waals surface area contributed by atoms with E-state index in [2.05, 4.69) is 11.4 Å². The fraction of sp³-hybridized carbons (Fsp3) is 0.100. The Balaban J connectivity index is 1.69. The van der Waals surface area contributed by atoms with Crippen molar-refractivity contribution in [2.75, 3.05) is 11.9 Å². The Hall–Kier alpha value is -2.77. The van der Waals surface area contributed by atoms with Gasteiger partial charge in [0, 0.05) is 27.3 Å². The molecule has 0 saturated carbocycles. The molecule has 0 atom stereocenters. The van der Waals surface area contributed by atoms with Gasteiger partial charge in [-0.2, -0.15) is 0 Å². The van der Waals surface area contributed by atoms with Gasteiger partial charge in [0.2, 0.25) is 0 Å². The van der Waals surface area contributed by atoms with E-state index in [1.54, 1.807) is 53.4 Å². The Morgan fingerprint density at radius 1 is 1.07 bits per heavy atom. The highest BCUT2D eigenvalue weighted by Gasteiger charge is 2.12. The van der Waals surface area contributed by atoms with Crippen molar-refractivity contribution in [2.45, 2.75) is 10.6 Å². The summed E-state index contributed by atoms with van der Waals surface area (Å²) < 4.78 is 5.27. The fourth-order valence-electron chi connectivity index (χ4n) is 2.34. The van der Waals surface area contributed by atoms with Crippen LogP contribution in [0.25, 0.3) is 0 Å². The molecule has 27 heavy (non-hydrogen) atoms. The van der Waals surface area contributed by atoms with Crippen LogP contribution in [0.2, 0.25) is 0 Å². The van der Waals surface area contributed by atoms with Crippen molar-refractivity contribution in [3.63, 3.8) is 0 Å². The standard InChI is InChI=1S/C20H18N2O3S2/c21-19(23)12-25-15-6-3-5-14(11-15)22-20(24)17-8-1-2-9-18(17)27-13-16-7-4-10-26-16/h1-11H,12-13H2,(H2,21,23)(H,22,24).